The molecule has 0 aromatic carbocycles. The number of carbonyl (C=O) groups excluding carboxylic acids is 1. The first-order valence-corrected chi connectivity index (χ1v) is 6.68. The van der Waals surface area contributed by atoms with Crippen LogP contribution in [0, 0.1) is 0 Å². The van der Waals surface area contributed by atoms with Crippen molar-refractivity contribution in [3.8, 4) is 0 Å². The summed E-state index contributed by atoms with van der Waals surface area (Å²) >= 11 is 0. The van der Waals surface area contributed by atoms with Gasteiger partial charge in [-0.3, -0.25) is 9.78 Å². The fraction of sp³-hybridized carbons (Fsp3) is 0.571. The highest BCUT2D eigenvalue weighted by atomic mass is 16.5. The van der Waals surface area contributed by atoms with Crippen LogP contribution in [0.2, 0.25) is 0 Å². The molecule has 2 rings (SSSR count). The molecule has 1 aromatic heterocycles. The van der Waals surface area contributed by atoms with E-state index in [4.69, 9.17) is 9.84 Å². The van der Waals surface area contributed by atoms with Crippen molar-refractivity contribution < 1.29 is 14.6 Å². The van der Waals surface area contributed by atoms with Gasteiger partial charge in [-0.1, -0.05) is 6.07 Å². The van der Waals surface area contributed by atoms with Crippen LogP contribution >= 0.6 is 0 Å². The van der Waals surface area contributed by atoms with Crippen molar-refractivity contribution in [1.82, 2.24) is 9.88 Å². The second kappa shape index (κ2) is 7.21. The lowest BCUT2D eigenvalue weighted by molar-refractivity contribution is -0.133. The number of rotatable bonds is 5. The first-order valence-electron chi connectivity index (χ1n) is 6.68. The van der Waals surface area contributed by atoms with Gasteiger partial charge in [0.15, 0.2) is 0 Å². The van der Waals surface area contributed by atoms with Gasteiger partial charge in [-0.2, -0.15) is 0 Å². The van der Waals surface area contributed by atoms with E-state index in [0.717, 1.165) is 31.5 Å². The van der Waals surface area contributed by atoms with Crippen LogP contribution in [0.1, 0.15) is 18.4 Å². The maximum Gasteiger partial charge on any atom is 0.227 e. The van der Waals surface area contributed by atoms with Gasteiger partial charge >= 0.3 is 0 Å². The Hall–Kier alpha value is -1.46. The first kappa shape index (κ1) is 14.0. The number of nitrogens with zero attached hydrogens (tertiary/aromatic N) is 2. The summed E-state index contributed by atoms with van der Waals surface area (Å²) in [5.41, 5.74) is 0.950. The minimum atomic E-state index is 0.0557. The van der Waals surface area contributed by atoms with Crippen molar-refractivity contribution >= 4 is 5.91 Å². The van der Waals surface area contributed by atoms with Gasteiger partial charge in [0.1, 0.15) is 0 Å². The lowest BCUT2D eigenvalue weighted by atomic mass is 10.1. The molecule has 0 aliphatic carbocycles. The molecule has 104 valence electrons. The average Bonchev–Trinajstić information content (AvgIpc) is 2.46. The number of aliphatic hydroxyl groups excluding tert-OH is 1. The molecule has 1 saturated heterocycles. The largest absolute Gasteiger partial charge is 0.394 e. The highest BCUT2D eigenvalue weighted by Gasteiger charge is 2.22. The summed E-state index contributed by atoms with van der Waals surface area (Å²) in [4.78, 5) is 18.0. The van der Waals surface area contributed by atoms with Crippen LogP contribution < -0.4 is 0 Å². The van der Waals surface area contributed by atoms with E-state index < -0.39 is 0 Å². The summed E-state index contributed by atoms with van der Waals surface area (Å²) < 4.78 is 5.48. The summed E-state index contributed by atoms with van der Waals surface area (Å²) in [6.07, 6.45) is 5.72. The molecule has 19 heavy (non-hydrogen) atoms. The molecular weight excluding hydrogens is 244 g/mol. The van der Waals surface area contributed by atoms with E-state index in [1.54, 1.807) is 12.4 Å². The summed E-state index contributed by atoms with van der Waals surface area (Å²) in [5.74, 6) is 0.147. The van der Waals surface area contributed by atoms with E-state index in [2.05, 4.69) is 4.98 Å². The Kier molecular flexibility index (Phi) is 5.30. The fourth-order valence-corrected chi connectivity index (χ4v) is 2.28. The summed E-state index contributed by atoms with van der Waals surface area (Å²) in [6, 6.07) is 3.76. The monoisotopic (exact) mass is 264 g/mol. The second-order valence-electron chi connectivity index (χ2n) is 4.71. The van der Waals surface area contributed by atoms with Crippen molar-refractivity contribution in [2.45, 2.75) is 25.4 Å². The Morgan fingerprint density at radius 1 is 1.47 bits per heavy atom. The summed E-state index contributed by atoms with van der Waals surface area (Å²) in [5, 5.41) is 8.71. The van der Waals surface area contributed by atoms with Gasteiger partial charge in [0.05, 0.1) is 25.7 Å². The molecule has 0 saturated carbocycles. The standard InChI is InChI=1S/C14H20N2O3/c17-8-9-19-13-3-6-16(7-4-13)14(18)10-12-2-1-5-15-11-12/h1-2,5,11,13,17H,3-4,6-10H2. The van der Waals surface area contributed by atoms with Gasteiger partial charge in [-0.15, -0.1) is 0 Å². The third kappa shape index (κ3) is 4.29. The van der Waals surface area contributed by atoms with Crippen LogP contribution in [0.15, 0.2) is 24.5 Å². The van der Waals surface area contributed by atoms with Gasteiger partial charge in [0.2, 0.25) is 5.91 Å². The normalized spacial score (nSPS) is 16.6. The van der Waals surface area contributed by atoms with E-state index in [0.29, 0.717) is 13.0 Å². The number of hydrogen-bond donors (Lipinski definition) is 1. The Bertz CT molecular complexity index is 389. The van der Waals surface area contributed by atoms with Gasteiger partial charge in [-0.25, -0.2) is 0 Å². The lowest BCUT2D eigenvalue weighted by Crippen LogP contribution is -2.41. The predicted octanol–water partition coefficient (Wildman–Crippen LogP) is 0.624. The molecular formula is C14H20N2O3. The number of likely N-dealkylation sites (tertiary alicyclic amines) is 1. The molecule has 1 fully saturated rings. The maximum atomic E-state index is 12.1. The Morgan fingerprint density at radius 2 is 2.26 bits per heavy atom. The second-order valence-corrected chi connectivity index (χ2v) is 4.71. The number of carbonyl (C=O) groups is 1. The Balaban J connectivity index is 1.76. The number of hydrogen-bond acceptors (Lipinski definition) is 4. The van der Waals surface area contributed by atoms with E-state index >= 15 is 0 Å². The highest BCUT2D eigenvalue weighted by Crippen LogP contribution is 2.14. The number of amides is 1. The molecule has 5 nitrogen and oxygen atoms in total. The van der Waals surface area contributed by atoms with Crippen LogP contribution in [-0.2, 0) is 16.0 Å². The van der Waals surface area contributed by atoms with Gasteiger partial charge < -0.3 is 14.7 Å². The Morgan fingerprint density at radius 3 is 2.89 bits per heavy atom. The van der Waals surface area contributed by atoms with Gasteiger partial charge in [0.25, 0.3) is 0 Å². The maximum absolute atomic E-state index is 12.1. The summed E-state index contributed by atoms with van der Waals surface area (Å²) in [7, 11) is 0. The first-order chi connectivity index (χ1) is 9.29. The minimum Gasteiger partial charge on any atom is -0.394 e. The van der Waals surface area contributed by atoms with E-state index in [1.165, 1.54) is 0 Å². The molecule has 1 N–H and O–H groups in total. The molecule has 5 heteroatoms. The fourth-order valence-electron chi connectivity index (χ4n) is 2.28. The number of pyridine rings is 1. The van der Waals surface area contributed by atoms with Crippen LogP contribution in [0.3, 0.4) is 0 Å². The van der Waals surface area contributed by atoms with Crippen molar-refractivity contribution in [2.24, 2.45) is 0 Å². The van der Waals surface area contributed by atoms with Crippen molar-refractivity contribution in [2.75, 3.05) is 26.3 Å². The molecule has 0 bridgehead atoms. The molecule has 0 spiro atoms. The number of ether oxygens (including phenoxy) is 1. The van der Waals surface area contributed by atoms with Crippen molar-refractivity contribution in [3.05, 3.63) is 30.1 Å². The average molecular weight is 264 g/mol. The SMILES string of the molecule is O=C(Cc1cccnc1)N1CCC(OCCO)CC1. The molecule has 1 aliphatic rings. The van der Waals surface area contributed by atoms with E-state index in [-0.39, 0.29) is 18.6 Å². The zero-order valence-electron chi connectivity index (χ0n) is 11.0. The van der Waals surface area contributed by atoms with Crippen LogP contribution in [0.5, 0.6) is 0 Å². The minimum absolute atomic E-state index is 0.0557. The smallest absolute Gasteiger partial charge is 0.227 e. The third-order valence-electron chi connectivity index (χ3n) is 3.32. The molecule has 1 amide bonds. The van der Waals surface area contributed by atoms with Crippen molar-refractivity contribution in [1.29, 1.82) is 0 Å². The molecule has 0 unspecified atom stereocenters. The van der Waals surface area contributed by atoms with E-state index in [1.807, 2.05) is 17.0 Å². The van der Waals surface area contributed by atoms with Gasteiger partial charge in [0, 0.05) is 25.5 Å². The summed E-state index contributed by atoms with van der Waals surface area (Å²) in [6.45, 7) is 1.90. The number of aromatic nitrogens is 1. The van der Waals surface area contributed by atoms with Crippen LogP contribution in [-0.4, -0.2) is 53.3 Å². The zero-order valence-corrected chi connectivity index (χ0v) is 11.0. The number of piperidine rings is 1. The molecule has 2 heterocycles. The predicted molar refractivity (Wildman–Crippen MR) is 70.6 cm³/mol. The molecule has 0 radical (unpaired) electrons. The quantitative estimate of drug-likeness (QED) is 0.847. The Labute approximate surface area is 113 Å². The molecule has 0 atom stereocenters. The lowest BCUT2D eigenvalue weighted by Gasteiger charge is -2.32. The molecule has 1 aromatic rings. The highest BCUT2D eigenvalue weighted by molar-refractivity contribution is 5.78. The van der Waals surface area contributed by atoms with E-state index in [9.17, 15) is 4.79 Å². The van der Waals surface area contributed by atoms with Gasteiger partial charge in [-0.05, 0) is 24.5 Å². The van der Waals surface area contributed by atoms with Crippen LogP contribution in [0.25, 0.3) is 0 Å². The molecule has 1 aliphatic heterocycles. The topological polar surface area (TPSA) is 62.7 Å². The van der Waals surface area contributed by atoms with Crippen LogP contribution in [0.4, 0.5) is 0 Å². The zero-order chi connectivity index (χ0) is 13.5. The van der Waals surface area contributed by atoms with Crippen molar-refractivity contribution in [3.63, 3.8) is 0 Å². The third-order valence-corrected chi connectivity index (χ3v) is 3.32. The number of aliphatic hydroxyl groups is 1.